The first-order chi connectivity index (χ1) is 18.0. The van der Waals surface area contributed by atoms with Crippen molar-refractivity contribution in [3.63, 3.8) is 0 Å². The molecule has 9 nitrogen and oxygen atoms in total. The van der Waals surface area contributed by atoms with Crippen LogP contribution in [0, 0.1) is 17.8 Å². The average molecular weight is 528 g/mol. The van der Waals surface area contributed by atoms with Crippen LogP contribution in [0.3, 0.4) is 0 Å². The lowest BCUT2D eigenvalue weighted by Gasteiger charge is -2.28. The van der Waals surface area contributed by atoms with Gasteiger partial charge in [0.2, 0.25) is 0 Å². The van der Waals surface area contributed by atoms with Crippen LogP contribution in [-0.2, 0) is 19.1 Å². The zero-order valence-corrected chi connectivity index (χ0v) is 22.5. The van der Waals surface area contributed by atoms with Crippen molar-refractivity contribution in [1.29, 1.82) is 0 Å². The number of carboxylic acids is 1. The molecule has 0 aliphatic heterocycles. The number of ether oxygens (including phenoxy) is 3. The number of carbonyl (C=O) groups excluding carboxylic acids is 3. The van der Waals surface area contributed by atoms with E-state index in [1.165, 1.54) is 12.1 Å². The van der Waals surface area contributed by atoms with E-state index >= 15 is 0 Å². The molecular weight excluding hydrogens is 490 g/mol. The van der Waals surface area contributed by atoms with Gasteiger partial charge in [-0.1, -0.05) is 58.9 Å². The standard InChI is InChI=1S/C29H37NO8/c1-6-17(3)27(33)37-22-14-13-21(15-23(22)38-28(34)18(4)7-2)24(25(30)26(31)32)19(5)16-36-29(35)20-11-9-8-10-12-20/h8-15,17-19,24-25H,6-7,16,30H2,1-5H3,(H,31,32)/t17?,18?,19?,24?,25-/m0/s1. The molecule has 0 amide bonds. The molecule has 4 unspecified atom stereocenters. The van der Waals surface area contributed by atoms with Crippen LogP contribution in [-0.4, -0.2) is 41.6 Å². The van der Waals surface area contributed by atoms with E-state index in [1.807, 2.05) is 13.8 Å². The molecule has 0 saturated carbocycles. The maximum absolute atomic E-state index is 12.6. The van der Waals surface area contributed by atoms with E-state index < -0.39 is 47.7 Å². The van der Waals surface area contributed by atoms with Crippen molar-refractivity contribution in [3.05, 3.63) is 59.7 Å². The summed E-state index contributed by atoms with van der Waals surface area (Å²) in [6, 6.07) is 11.6. The van der Waals surface area contributed by atoms with Gasteiger partial charge in [0.1, 0.15) is 6.04 Å². The minimum Gasteiger partial charge on any atom is -0.480 e. The van der Waals surface area contributed by atoms with Gasteiger partial charge >= 0.3 is 23.9 Å². The zero-order chi connectivity index (χ0) is 28.4. The van der Waals surface area contributed by atoms with E-state index in [0.717, 1.165) is 0 Å². The highest BCUT2D eigenvalue weighted by atomic mass is 16.6. The van der Waals surface area contributed by atoms with Gasteiger partial charge in [-0.2, -0.15) is 0 Å². The second-order valence-electron chi connectivity index (χ2n) is 9.50. The van der Waals surface area contributed by atoms with Crippen LogP contribution < -0.4 is 15.2 Å². The predicted octanol–water partition coefficient (Wildman–Crippen LogP) is 4.58. The topological polar surface area (TPSA) is 142 Å². The molecule has 0 spiro atoms. The molecule has 2 aromatic carbocycles. The molecular formula is C29H37NO8. The summed E-state index contributed by atoms with van der Waals surface area (Å²) in [7, 11) is 0. The molecule has 0 fully saturated rings. The Morgan fingerprint density at radius 3 is 1.92 bits per heavy atom. The van der Waals surface area contributed by atoms with Gasteiger partial charge in [0.05, 0.1) is 24.0 Å². The van der Waals surface area contributed by atoms with Crippen molar-refractivity contribution < 1.29 is 38.5 Å². The van der Waals surface area contributed by atoms with Crippen molar-refractivity contribution in [3.8, 4) is 11.5 Å². The Hall–Kier alpha value is -3.72. The number of hydrogen-bond donors (Lipinski definition) is 2. The molecule has 5 atom stereocenters. The maximum atomic E-state index is 12.6. The van der Waals surface area contributed by atoms with Gasteiger partial charge in [0.25, 0.3) is 0 Å². The SMILES string of the molecule is CCC(C)C(=O)Oc1ccc(C(C(C)COC(=O)c2ccccc2)[C@H](N)C(=O)O)cc1OC(=O)C(C)CC. The summed E-state index contributed by atoms with van der Waals surface area (Å²) in [6.07, 6.45) is 1.10. The van der Waals surface area contributed by atoms with Gasteiger partial charge < -0.3 is 25.1 Å². The van der Waals surface area contributed by atoms with Gasteiger partial charge in [-0.25, -0.2) is 4.79 Å². The fourth-order valence-corrected chi connectivity index (χ4v) is 3.66. The number of nitrogens with two attached hydrogens (primary N) is 1. The van der Waals surface area contributed by atoms with Crippen LogP contribution in [0.25, 0.3) is 0 Å². The number of carbonyl (C=O) groups is 4. The first kappa shape index (κ1) is 30.5. The third kappa shape index (κ3) is 8.14. The van der Waals surface area contributed by atoms with Crippen LogP contribution in [0.5, 0.6) is 11.5 Å². The molecule has 0 bridgehead atoms. The molecule has 0 saturated heterocycles. The van der Waals surface area contributed by atoms with Crippen LogP contribution in [0.2, 0.25) is 0 Å². The summed E-state index contributed by atoms with van der Waals surface area (Å²) >= 11 is 0. The molecule has 206 valence electrons. The lowest BCUT2D eigenvalue weighted by molar-refractivity contribution is -0.141. The Kier molecular flexibility index (Phi) is 11.5. The normalized spacial score (nSPS) is 14.9. The van der Waals surface area contributed by atoms with E-state index in [2.05, 4.69) is 0 Å². The minimum atomic E-state index is -1.35. The molecule has 3 N–H and O–H groups in total. The lowest BCUT2D eigenvalue weighted by atomic mass is 9.82. The average Bonchev–Trinajstić information content (AvgIpc) is 2.92. The Labute approximate surface area is 223 Å². The smallest absolute Gasteiger partial charge is 0.338 e. The Bertz CT molecular complexity index is 1120. The molecule has 2 rings (SSSR count). The Balaban J connectivity index is 2.41. The van der Waals surface area contributed by atoms with Crippen molar-refractivity contribution in [2.24, 2.45) is 23.5 Å². The monoisotopic (exact) mass is 527 g/mol. The summed E-state index contributed by atoms with van der Waals surface area (Å²) in [5.74, 6) is -4.91. The largest absolute Gasteiger partial charge is 0.480 e. The van der Waals surface area contributed by atoms with Crippen LogP contribution >= 0.6 is 0 Å². The molecule has 0 aromatic heterocycles. The maximum Gasteiger partial charge on any atom is 0.338 e. The summed E-state index contributed by atoms with van der Waals surface area (Å²) in [5.41, 5.74) is 6.87. The molecule has 0 radical (unpaired) electrons. The van der Waals surface area contributed by atoms with E-state index in [1.54, 1.807) is 57.2 Å². The highest BCUT2D eigenvalue weighted by Crippen LogP contribution is 2.36. The first-order valence-corrected chi connectivity index (χ1v) is 12.8. The molecule has 9 heteroatoms. The highest BCUT2D eigenvalue weighted by molar-refractivity contribution is 5.89. The molecule has 0 aliphatic rings. The number of esters is 3. The number of aliphatic carboxylic acids is 1. The Morgan fingerprint density at radius 1 is 0.842 bits per heavy atom. The van der Waals surface area contributed by atoms with Gasteiger partial charge in [0.15, 0.2) is 11.5 Å². The summed E-state index contributed by atoms with van der Waals surface area (Å²) < 4.78 is 16.5. The molecule has 0 aliphatic carbocycles. The second kappa shape index (κ2) is 14.3. The summed E-state index contributed by atoms with van der Waals surface area (Å²) in [5, 5.41) is 9.71. The number of carboxylic acid groups (broad SMARTS) is 1. The molecule has 38 heavy (non-hydrogen) atoms. The van der Waals surface area contributed by atoms with Crippen molar-refractivity contribution in [2.75, 3.05) is 6.61 Å². The van der Waals surface area contributed by atoms with E-state index in [9.17, 15) is 24.3 Å². The van der Waals surface area contributed by atoms with Crippen LogP contribution in [0.1, 0.15) is 69.3 Å². The fraction of sp³-hybridized carbons (Fsp3) is 0.448. The second-order valence-corrected chi connectivity index (χ2v) is 9.50. The number of benzene rings is 2. The summed E-state index contributed by atoms with van der Waals surface area (Å²) in [4.78, 5) is 49.4. The van der Waals surface area contributed by atoms with Crippen molar-refractivity contribution in [2.45, 2.75) is 59.4 Å². The lowest BCUT2D eigenvalue weighted by Crippen LogP contribution is -2.40. The third-order valence-corrected chi connectivity index (χ3v) is 6.58. The molecule has 2 aromatic rings. The number of rotatable bonds is 13. The summed E-state index contributed by atoms with van der Waals surface area (Å²) in [6.45, 7) is 8.74. The van der Waals surface area contributed by atoms with Gasteiger partial charge in [-0.15, -0.1) is 0 Å². The van der Waals surface area contributed by atoms with Crippen LogP contribution in [0.15, 0.2) is 48.5 Å². The first-order valence-electron chi connectivity index (χ1n) is 12.8. The van der Waals surface area contributed by atoms with Gasteiger partial charge in [-0.05, 0) is 48.6 Å². The Morgan fingerprint density at radius 2 is 1.39 bits per heavy atom. The minimum absolute atomic E-state index is 0.0134. The van der Waals surface area contributed by atoms with Crippen LogP contribution in [0.4, 0.5) is 0 Å². The van der Waals surface area contributed by atoms with Gasteiger partial charge in [-0.3, -0.25) is 14.4 Å². The van der Waals surface area contributed by atoms with E-state index in [-0.39, 0.29) is 24.0 Å². The molecule has 0 heterocycles. The van der Waals surface area contributed by atoms with E-state index in [0.29, 0.717) is 24.0 Å². The number of hydrogen-bond acceptors (Lipinski definition) is 8. The zero-order valence-electron chi connectivity index (χ0n) is 22.5. The fourth-order valence-electron chi connectivity index (χ4n) is 3.66. The highest BCUT2D eigenvalue weighted by Gasteiger charge is 2.33. The third-order valence-electron chi connectivity index (χ3n) is 6.58. The van der Waals surface area contributed by atoms with Gasteiger partial charge in [0, 0.05) is 5.92 Å². The van der Waals surface area contributed by atoms with Crippen molar-refractivity contribution in [1.82, 2.24) is 0 Å². The predicted molar refractivity (Wildman–Crippen MR) is 141 cm³/mol. The quantitative estimate of drug-likeness (QED) is 0.283. The van der Waals surface area contributed by atoms with Crippen molar-refractivity contribution >= 4 is 23.9 Å². The van der Waals surface area contributed by atoms with E-state index in [4.69, 9.17) is 19.9 Å².